The molecule has 0 atom stereocenters. The average molecular weight is 251 g/mol. The average Bonchev–Trinajstić information content (AvgIpc) is 2.39. The van der Waals surface area contributed by atoms with Gasteiger partial charge in [0.15, 0.2) is 5.69 Å². The molecule has 1 aromatic heterocycles. The SMILES string of the molecule is CCNc1ccc(C(=O)NCCN(C)CC)nn1. The lowest BCUT2D eigenvalue weighted by molar-refractivity contribution is 0.0944. The van der Waals surface area contributed by atoms with E-state index in [4.69, 9.17) is 0 Å². The number of aromatic nitrogens is 2. The Bertz CT molecular complexity index is 365. The molecule has 6 nitrogen and oxygen atoms in total. The van der Waals surface area contributed by atoms with Gasteiger partial charge in [0, 0.05) is 19.6 Å². The Morgan fingerprint density at radius 1 is 1.33 bits per heavy atom. The minimum absolute atomic E-state index is 0.185. The molecule has 0 aliphatic rings. The van der Waals surface area contributed by atoms with Crippen molar-refractivity contribution >= 4 is 11.7 Å². The van der Waals surface area contributed by atoms with Crippen LogP contribution in [0.15, 0.2) is 12.1 Å². The summed E-state index contributed by atoms with van der Waals surface area (Å²) in [6, 6.07) is 3.42. The quantitative estimate of drug-likeness (QED) is 0.742. The van der Waals surface area contributed by atoms with Crippen LogP contribution in [0.1, 0.15) is 24.3 Å². The van der Waals surface area contributed by atoms with Crippen LogP contribution in [0, 0.1) is 0 Å². The maximum atomic E-state index is 11.7. The maximum absolute atomic E-state index is 11.7. The van der Waals surface area contributed by atoms with Gasteiger partial charge in [0.1, 0.15) is 5.82 Å². The number of carbonyl (C=O) groups excluding carboxylic acids is 1. The number of nitrogens with one attached hydrogen (secondary N) is 2. The molecule has 18 heavy (non-hydrogen) atoms. The number of hydrogen-bond acceptors (Lipinski definition) is 5. The zero-order chi connectivity index (χ0) is 13.4. The Morgan fingerprint density at radius 2 is 2.11 bits per heavy atom. The van der Waals surface area contributed by atoms with Crippen molar-refractivity contribution in [1.29, 1.82) is 0 Å². The van der Waals surface area contributed by atoms with Crippen molar-refractivity contribution in [2.75, 3.05) is 38.5 Å². The van der Waals surface area contributed by atoms with Crippen molar-refractivity contribution < 1.29 is 4.79 Å². The Labute approximate surface area is 108 Å². The number of rotatable bonds is 7. The molecule has 0 fully saturated rings. The lowest BCUT2D eigenvalue weighted by Crippen LogP contribution is -2.33. The fourth-order valence-corrected chi connectivity index (χ4v) is 1.34. The normalized spacial score (nSPS) is 10.4. The van der Waals surface area contributed by atoms with Crippen molar-refractivity contribution in [1.82, 2.24) is 20.4 Å². The fraction of sp³-hybridized carbons (Fsp3) is 0.583. The van der Waals surface area contributed by atoms with Crippen molar-refractivity contribution in [2.45, 2.75) is 13.8 Å². The highest BCUT2D eigenvalue weighted by atomic mass is 16.1. The molecule has 2 N–H and O–H groups in total. The van der Waals surface area contributed by atoms with Crippen molar-refractivity contribution in [3.63, 3.8) is 0 Å². The van der Waals surface area contributed by atoms with Gasteiger partial charge in [-0.3, -0.25) is 4.79 Å². The smallest absolute Gasteiger partial charge is 0.271 e. The molecule has 1 aromatic rings. The van der Waals surface area contributed by atoms with Crippen molar-refractivity contribution in [2.24, 2.45) is 0 Å². The Hall–Kier alpha value is -1.69. The summed E-state index contributed by atoms with van der Waals surface area (Å²) in [6.07, 6.45) is 0. The summed E-state index contributed by atoms with van der Waals surface area (Å²) in [7, 11) is 2.01. The largest absolute Gasteiger partial charge is 0.369 e. The number of amides is 1. The predicted octanol–water partition coefficient (Wildman–Crippen LogP) is 0.590. The molecule has 0 unspecified atom stereocenters. The first-order chi connectivity index (χ1) is 8.67. The van der Waals surface area contributed by atoms with Gasteiger partial charge in [-0.25, -0.2) is 0 Å². The third-order valence-corrected chi connectivity index (χ3v) is 2.57. The number of hydrogen-bond donors (Lipinski definition) is 2. The molecular weight excluding hydrogens is 230 g/mol. The van der Waals surface area contributed by atoms with E-state index in [2.05, 4.69) is 32.7 Å². The van der Waals surface area contributed by atoms with Gasteiger partial charge in [-0.2, -0.15) is 0 Å². The van der Waals surface area contributed by atoms with Gasteiger partial charge in [-0.15, -0.1) is 10.2 Å². The zero-order valence-corrected chi connectivity index (χ0v) is 11.2. The molecule has 0 radical (unpaired) electrons. The van der Waals surface area contributed by atoms with Gasteiger partial charge in [0.2, 0.25) is 0 Å². The lowest BCUT2D eigenvalue weighted by atomic mass is 10.3. The van der Waals surface area contributed by atoms with E-state index in [0.717, 1.165) is 19.6 Å². The van der Waals surface area contributed by atoms with Crippen LogP contribution in [0.4, 0.5) is 5.82 Å². The summed E-state index contributed by atoms with van der Waals surface area (Å²) in [5.74, 6) is 0.495. The molecule has 0 saturated heterocycles. The maximum Gasteiger partial charge on any atom is 0.271 e. The van der Waals surface area contributed by atoms with Gasteiger partial charge in [0.05, 0.1) is 0 Å². The van der Waals surface area contributed by atoms with E-state index in [0.29, 0.717) is 18.1 Å². The minimum Gasteiger partial charge on any atom is -0.369 e. The zero-order valence-electron chi connectivity index (χ0n) is 11.2. The Balaban J connectivity index is 2.41. The molecule has 0 aromatic carbocycles. The summed E-state index contributed by atoms with van der Waals surface area (Å²) in [4.78, 5) is 13.9. The van der Waals surface area contributed by atoms with E-state index in [1.807, 2.05) is 14.0 Å². The van der Waals surface area contributed by atoms with Gasteiger partial charge in [-0.1, -0.05) is 6.92 Å². The molecule has 0 aliphatic heterocycles. The van der Waals surface area contributed by atoms with Gasteiger partial charge < -0.3 is 15.5 Å². The minimum atomic E-state index is -0.185. The van der Waals surface area contributed by atoms with Gasteiger partial charge in [0.25, 0.3) is 5.91 Å². The molecular formula is C12H21N5O. The molecule has 1 rings (SSSR count). The number of anilines is 1. The fourth-order valence-electron chi connectivity index (χ4n) is 1.34. The summed E-state index contributed by atoms with van der Waals surface area (Å²) in [5, 5.41) is 13.6. The van der Waals surface area contributed by atoms with Crippen LogP contribution in [0.2, 0.25) is 0 Å². The van der Waals surface area contributed by atoms with E-state index >= 15 is 0 Å². The van der Waals surface area contributed by atoms with Crippen LogP contribution in [0.3, 0.4) is 0 Å². The second-order valence-corrected chi connectivity index (χ2v) is 3.99. The first kappa shape index (κ1) is 14.4. The number of nitrogens with zero attached hydrogens (tertiary/aromatic N) is 3. The standard InChI is InChI=1S/C12H21N5O/c1-4-13-11-7-6-10(15-16-11)12(18)14-8-9-17(3)5-2/h6-7H,4-5,8-9H2,1-3H3,(H,13,16)(H,14,18). The van der Waals surface area contributed by atoms with Crippen LogP contribution >= 0.6 is 0 Å². The Morgan fingerprint density at radius 3 is 2.67 bits per heavy atom. The van der Waals surface area contributed by atoms with E-state index in [-0.39, 0.29) is 5.91 Å². The number of carbonyl (C=O) groups is 1. The molecule has 0 spiro atoms. The molecule has 1 heterocycles. The summed E-state index contributed by atoms with van der Waals surface area (Å²) < 4.78 is 0. The molecule has 100 valence electrons. The summed E-state index contributed by atoms with van der Waals surface area (Å²) >= 11 is 0. The van der Waals surface area contributed by atoms with Crippen LogP contribution in [0.5, 0.6) is 0 Å². The van der Waals surface area contributed by atoms with E-state index in [1.165, 1.54) is 0 Å². The molecule has 1 amide bonds. The molecule has 0 saturated carbocycles. The predicted molar refractivity (Wildman–Crippen MR) is 71.7 cm³/mol. The van der Waals surface area contributed by atoms with Crippen LogP contribution < -0.4 is 10.6 Å². The van der Waals surface area contributed by atoms with Gasteiger partial charge in [-0.05, 0) is 32.6 Å². The third kappa shape index (κ3) is 4.67. The molecule has 0 aliphatic carbocycles. The van der Waals surface area contributed by atoms with Crippen LogP contribution in [-0.2, 0) is 0 Å². The van der Waals surface area contributed by atoms with Crippen molar-refractivity contribution in [3.8, 4) is 0 Å². The first-order valence-electron chi connectivity index (χ1n) is 6.21. The highest BCUT2D eigenvalue weighted by Gasteiger charge is 2.07. The lowest BCUT2D eigenvalue weighted by Gasteiger charge is -2.13. The van der Waals surface area contributed by atoms with E-state index in [1.54, 1.807) is 12.1 Å². The van der Waals surface area contributed by atoms with Gasteiger partial charge >= 0.3 is 0 Å². The third-order valence-electron chi connectivity index (χ3n) is 2.57. The van der Waals surface area contributed by atoms with Crippen molar-refractivity contribution in [3.05, 3.63) is 17.8 Å². The molecule has 0 bridgehead atoms. The summed E-state index contributed by atoms with van der Waals surface area (Å²) in [5.41, 5.74) is 0.343. The molecule has 6 heteroatoms. The van der Waals surface area contributed by atoms with E-state index < -0.39 is 0 Å². The highest BCUT2D eigenvalue weighted by molar-refractivity contribution is 5.92. The highest BCUT2D eigenvalue weighted by Crippen LogP contribution is 2.01. The number of likely N-dealkylation sites (N-methyl/N-ethyl adjacent to an activating group) is 1. The summed E-state index contributed by atoms with van der Waals surface area (Å²) in [6.45, 7) is 7.24. The van der Waals surface area contributed by atoms with Crippen LogP contribution in [-0.4, -0.2) is 54.2 Å². The van der Waals surface area contributed by atoms with Crippen LogP contribution in [0.25, 0.3) is 0 Å². The van der Waals surface area contributed by atoms with E-state index in [9.17, 15) is 4.79 Å². The second-order valence-electron chi connectivity index (χ2n) is 3.99. The first-order valence-corrected chi connectivity index (χ1v) is 6.21. The Kier molecular flexibility index (Phi) is 6.07. The topological polar surface area (TPSA) is 70.2 Å². The second kappa shape index (κ2) is 7.60. The monoisotopic (exact) mass is 251 g/mol.